The zero-order chi connectivity index (χ0) is 6.57. The van der Waals surface area contributed by atoms with Gasteiger partial charge in [-0.3, -0.25) is 4.79 Å². The molecular weight excluding hydrogens is 110 g/mol. The van der Waals surface area contributed by atoms with Gasteiger partial charge in [-0.15, -0.1) is 4.99 Å². The highest BCUT2D eigenvalue weighted by atomic mass is 16.3. The van der Waals surface area contributed by atoms with Gasteiger partial charge in [-0.1, -0.05) is 0 Å². The Morgan fingerprint density at radius 2 is 2.38 bits per heavy atom. The predicted octanol–water partition coefficient (Wildman–Crippen LogP) is -0.770. The first-order valence-electron chi connectivity index (χ1n) is 1.98. The Labute approximate surface area is 45.8 Å². The first kappa shape index (κ1) is 7.01. The Hall–Kier alpha value is -0.990. The topological polar surface area (TPSA) is 66.7 Å². The Morgan fingerprint density at radius 1 is 1.88 bits per heavy atom. The maximum Gasteiger partial charge on any atom is 0.284 e. The summed E-state index contributed by atoms with van der Waals surface area (Å²) in [4.78, 5) is 22.0. The fourth-order valence-corrected chi connectivity index (χ4v) is 0.138. The molecule has 0 aliphatic rings. The van der Waals surface area contributed by atoms with E-state index in [2.05, 4.69) is 4.99 Å². The highest BCUT2D eigenvalue weighted by Gasteiger charge is 2.04. The van der Waals surface area contributed by atoms with Crippen LogP contribution in [0.3, 0.4) is 0 Å². The molecule has 1 N–H and O–H groups in total. The lowest BCUT2D eigenvalue weighted by Gasteiger charge is -1.89. The SMILES string of the molecule is CC(O)C(=O)N=C=O. The summed E-state index contributed by atoms with van der Waals surface area (Å²) in [5, 5.41) is 8.33. The van der Waals surface area contributed by atoms with Gasteiger partial charge in [-0.05, 0) is 6.92 Å². The molecule has 0 aromatic heterocycles. The minimum Gasteiger partial charge on any atom is -0.383 e. The summed E-state index contributed by atoms with van der Waals surface area (Å²) in [5.74, 6) is -0.861. The number of rotatable bonds is 1. The van der Waals surface area contributed by atoms with Crippen LogP contribution >= 0.6 is 0 Å². The lowest BCUT2D eigenvalue weighted by molar-refractivity contribution is -0.124. The van der Waals surface area contributed by atoms with Crippen LogP contribution in [0.2, 0.25) is 0 Å². The van der Waals surface area contributed by atoms with Crippen LogP contribution in [0.25, 0.3) is 0 Å². The van der Waals surface area contributed by atoms with Gasteiger partial charge in [-0.2, -0.15) is 0 Å². The van der Waals surface area contributed by atoms with Crippen LogP contribution in [0.4, 0.5) is 0 Å². The summed E-state index contributed by atoms with van der Waals surface area (Å²) < 4.78 is 0. The summed E-state index contributed by atoms with van der Waals surface area (Å²) in [5.41, 5.74) is 0. The number of aliphatic hydroxyl groups is 1. The number of aliphatic hydroxyl groups excluding tert-OH is 1. The number of carbonyl (C=O) groups is 1. The van der Waals surface area contributed by atoms with Crippen molar-refractivity contribution in [3.63, 3.8) is 0 Å². The first-order valence-corrected chi connectivity index (χ1v) is 1.98. The smallest absolute Gasteiger partial charge is 0.284 e. The Balaban J connectivity index is 3.84. The van der Waals surface area contributed by atoms with Crippen LogP contribution in [0.5, 0.6) is 0 Å². The van der Waals surface area contributed by atoms with Crippen LogP contribution in [-0.4, -0.2) is 23.2 Å². The van der Waals surface area contributed by atoms with E-state index >= 15 is 0 Å². The molecule has 1 atom stereocenters. The van der Waals surface area contributed by atoms with Crippen molar-refractivity contribution in [3.05, 3.63) is 0 Å². The molecule has 0 rings (SSSR count). The molecule has 8 heavy (non-hydrogen) atoms. The van der Waals surface area contributed by atoms with Gasteiger partial charge in [0.25, 0.3) is 5.91 Å². The number of hydrogen-bond acceptors (Lipinski definition) is 3. The molecule has 0 fully saturated rings. The molecule has 44 valence electrons. The van der Waals surface area contributed by atoms with Crippen LogP contribution in [0.15, 0.2) is 4.99 Å². The van der Waals surface area contributed by atoms with Crippen molar-refractivity contribution in [1.82, 2.24) is 0 Å². The molecule has 0 aliphatic heterocycles. The molecule has 0 aromatic rings. The minimum absolute atomic E-state index is 0.861. The van der Waals surface area contributed by atoms with Crippen molar-refractivity contribution in [1.29, 1.82) is 0 Å². The van der Waals surface area contributed by atoms with Gasteiger partial charge >= 0.3 is 0 Å². The molecule has 1 amide bonds. The van der Waals surface area contributed by atoms with Crippen molar-refractivity contribution in [3.8, 4) is 0 Å². The molecule has 0 heterocycles. The number of amides is 1. The highest BCUT2D eigenvalue weighted by molar-refractivity contribution is 5.84. The molecule has 0 spiro atoms. The average Bonchev–Trinajstić information content (AvgIpc) is 1.67. The second-order valence-electron chi connectivity index (χ2n) is 1.22. The summed E-state index contributed by atoms with van der Waals surface area (Å²) in [7, 11) is 0. The fourth-order valence-electron chi connectivity index (χ4n) is 0.138. The van der Waals surface area contributed by atoms with Crippen LogP contribution in [-0.2, 0) is 9.59 Å². The molecule has 4 heteroatoms. The maximum absolute atomic E-state index is 10.1. The van der Waals surface area contributed by atoms with Gasteiger partial charge in [0.2, 0.25) is 6.08 Å². The Bertz CT molecular complexity index is 134. The molecule has 0 radical (unpaired) electrons. The molecule has 4 nitrogen and oxygen atoms in total. The lowest BCUT2D eigenvalue weighted by atomic mass is 10.4. The molecule has 1 unspecified atom stereocenters. The van der Waals surface area contributed by atoms with Crippen LogP contribution < -0.4 is 0 Å². The van der Waals surface area contributed by atoms with Crippen molar-refractivity contribution in [2.45, 2.75) is 13.0 Å². The second kappa shape index (κ2) is 3.07. The van der Waals surface area contributed by atoms with E-state index in [9.17, 15) is 9.59 Å². The monoisotopic (exact) mass is 115 g/mol. The van der Waals surface area contributed by atoms with Crippen LogP contribution in [0, 0.1) is 0 Å². The van der Waals surface area contributed by atoms with E-state index < -0.39 is 12.0 Å². The van der Waals surface area contributed by atoms with Crippen molar-refractivity contribution in [2.24, 2.45) is 4.99 Å². The van der Waals surface area contributed by atoms with E-state index in [1.165, 1.54) is 6.92 Å². The third-order valence-electron chi connectivity index (χ3n) is 0.513. The summed E-state index contributed by atoms with van der Waals surface area (Å²) >= 11 is 0. The van der Waals surface area contributed by atoms with E-state index in [1.807, 2.05) is 0 Å². The molecule has 0 aliphatic carbocycles. The van der Waals surface area contributed by atoms with E-state index in [0.29, 0.717) is 0 Å². The second-order valence-corrected chi connectivity index (χ2v) is 1.22. The lowest BCUT2D eigenvalue weighted by Crippen LogP contribution is -2.12. The molecule has 0 aromatic carbocycles. The zero-order valence-electron chi connectivity index (χ0n) is 4.29. The predicted molar refractivity (Wildman–Crippen MR) is 24.8 cm³/mol. The zero-order valence-corrected chi connectivity index (χ0v) is 4.29. The normalized spacial score (nSPS) is 11.8. The van der Waals surface area contributed by atoms with Gasteiger partial charge in [0.05, 0.1) is 0 Å². The third kappa shape index (κ3) is 2.23. The minimum atomic E-state index is -1.20. The maximum atomic E-state index is 10.1. The quantitative estimate of drug-likeness (QED) is 0.360. The summed E-state index contributed by atoms with van der Waals surface area (Å²) in [6, 6.07) is 0. The first-order chi connectivity index (χ1) is 3.68. The van der Waals surface area contributed by atoms with Crippen molar-refractivity contribution >= 4 is 12.0 Å². The molecular formula is C4H5NO3. The van der Waals surface area contributed by atoms with Crippen LogP contribution in [0.1, 0.15) is 6.92 Å². The van der Waals surface area contributed by atoms with E-state index in [0.717, 1.165) is 6.08 Å². The van der Waals surface area contributed by atoms with Gasteiger partial charge in [0.1, 0.15) is 6.10 Å². The molecule has 0 saturated carbocycles. The van der Waals surface area contributed by atoms with E-state index in [4.69, 9.17) is 5.11 Å². The van der Waals surface area contributed by atoms with Gasteiger partial charge in [0, 0.05) is 0 Å². The Kier molecular flexibility index (Phi) is 2.69. The summed E-state index contributed by atoms with van der Waals surface area (Å²) in [6.07, 6.45) is -0.183. The molecule has 0 bridgehead atoms. The number of isocyanates is 1. The number of carbonyl (C=O) groups excluding carboxylic acids is 2. The highest BCUT2D eigenvalue weighted by Crippen LogP contribution is 1.81. The van der Waals surface area contributed by atoms with Crippen molar-refractivity contribution < 1.29 is 14.7 Å². The van der Waals surface area contributed by atoms with E-state index in [1.54, 1.807) is 0 Å². The largest absolute Gasteiger partial charge is 0.383 e. The molecule has 0 saturated heterocycles. The standard InChI is InChI=1S/C4H5NO3/c1-3(7)4(8)5-2-6/h3,7H,1H3. The van der Waals surface area contributed by atoms with Gasteiger partial charge in [0.15, 0.2) is 0 Å². The third-order valence-corrected chi connectivity index (χ3v) is 0.513. The Morgan fingerprint density at radius 3 is 2.50 bits per heavy atom. The fraction of sp³-hybridized carbons (Fsp3) is 0.500. The van der Waals surface area contributed by atoms with Gasteiger partial charge in [-0.25, -0.2) is 4.79 Å². The number of nitrogens with zero attached hydrogens (tertiary/aromatic N) is 1. The number of hydrogen-bond donors (Lipinski definition) is 1. The summed E-state index contributed by atoms with van der Waals surface area (Å²) in [6.45, 7) is 1.23. The van der Waals surface area contributed by atoms with E-state index in [-0.39, 0.29) is 0 Å². The van der Waals surface area contributed by atoms with Crippen molar-refractivity contribution in [2.75, 3.05) is 0 Å². The van der Waals surface area contributed by atoms with Gasteiger partial charge < -0.3 is 5.11 Å². The number of aliphatic imine (C=N–C) groups is 1. The average molecular weight is 115 g/mol.